The SMILES string of the molecule is CNc1nc(NCc2ncon2)nc(-n2cncn2)n1. The van der Waals surface area contributed by atoms with Crippen molar-refractivity contribution >= 4 is 11.9 Å². The number of nitrogens with zero attached hydrogens (tertiary/aromatic N) is 8. The molecule has 0 unspecified atom stereocenters. The molecule has 0 aliphatic heterocycles. The third-order valence-corrected chi connectivity index (χ3v) is 2.28. The molecule has 102 valence electrons. The molecule has 0 saturated carbocycles. The quantitative estimate of drug-likeness (QED) is 0.626. The number of aromatic nitrogens is 8. The first kappa shape index (κ1) is 12.0. The summed E-state index contributed by atoms with van der Waals surface area (Å²) < 4.78 is 6.07. The smallest absolute Gasteiger partial charge is 0.258 e. The first-order valence-corrected chi connectivity index (χ1v) is 5.63. The Labute approximate surface area is 112 Å². The lowest BCUT2D eigenvalue weighted by atomic mass is 10.6. The Balaban J connectivity index is 1.84. The lowest BCUT2D eigenvalue weighted by Gasteiger charge is -2.06. The first-order chi connectivity index (χ1) is 9.85. The molecule has 0 aliphatic rings. The summed E-state index contributed by atoms with van der Waals surface area (Å²) in [5.74, 6) is 1.61. The molecule has 0 radical (unpaired) electrons. The molecule has 20 heavy (non-hydrogen) atoms. The lowest BCUT2D eigenvalue weighted by molar-refractivity contribution is 0.411. The zero-order valence-corrected chi connectivity index (χ0v) is 10.4. The Bertz CT molecular complexity index is 664. The van der Waals surface area contributed by atoms with Gasteiger partial charge in [-0.3, -0.25) is 0 Å². The molecule has 0 atom stereocenters. The largest absolute Gasteiger partial charge is 0.357 e. The molecule has 3 aromatic heterocycles. The summed E-state index contributed by atoms with van der Waals surface area (Å²) in [7, 11) is 1.71. The molecule has 0 saturated heterocycles. The summed E-state index contributed by atoms with van der Waals surface area (Å²) in [5.41, 5.74) is 0. The van der Waals surface area contributed by atoms with Gasteiger partial charge in [0.1, 0.15) is 12.7 Å². The highest BCUT2D eigenvalue weighted by molar-refractivity contribution is 5.37. The third kappa shape index (κ3) is 2.50. The Morgan fingerprint density at radius 3 is 2.85 bits per heavy atom. The fourth-order valence-corrected chi connectivity index (χ4v) is 1.40. The molecule has 11 heteroatoms. The van der Waals surface area contributed by atoms with Crippen molar-refractivity contribution in [1.29, 1.82) is 0 Å². The molecule has 0 fully saturated rings. The van der Waals surface area contributed by atoms with E-state index >= 15 is 0 Å². The van der Waals surface area contributed by atoms with Gasteiger partial charge in [0.05, 0.1) is 6.54 Å². The van der Waals surface area contributed by atoms with Crippen molar-refractivity contribution in [2.45, 2.75) is 6.54 Å². The van der Waals surface area contributed by atoms with Gasteiger partial charge < -0.3 is 15.2 Å². The van der Waals surface area contributed by atoms with Crippen LogP contribution in [0.1, 0.15) is 5.82 Å². The van der Waals surface area contributed by atoms with E-state index in [1.54, 1.807) is 7.05 Å². The summed E-state index contributed by atoms with van der Waals surface area (Å²) >= 11 is 0. The summed E-state index contributed by atoms with van der Waals surface area (Å²) in [6, 6.07) is 0. The molecule has 0 aliphatic carbocycles. The van der Waals surface area contributed by atoms with Crippen LogP contribution < -0.4 is 10.6 Å². The van der Waals surface area contributed by atoms with Gasteiger partial charge in [0, 0.05) is 7.05 Å². The maximum absolute atomic E-state index is 4.64. The first-order valence-electron chi connectivity index (χ1n) is 5.63. The average molecular weight is 274 g/mol. The second-order valence-electron chi connectivity index (χ2n) is 3.57. The summed E-state index contributed by atoms with van der Waals surface area (Å²) in [6.07, 6.45) is 4.15. The molecule has 0 bridgehead atoms. The van der Waals surface area contributed by atoms with E-state index in [4.69, 9.17) is 0 Å². The van der Waals surface area contributed by atoms with Gasteiger partial charge in [-0.2, -0.15) is 29.7 Å². The van der Waals surface area contributed by atoms with E-state index in [1.165, 1.54) is 23.7 Å². The molecule has 3 heterocycles. The number of hydrogen-bond donors (Lipinski definition) is 2. The van der Waals surface area contributed by atoms with Gasteiger partial charge in [0.25, 0.3) is 5.95 Å². The van der Waals surface area contributed by atoms with Gasteiger partial charge in [-0.1, -0.05) is 5.16 Å². The van der Waals surface area contributed by atoms with Crippen molar-refractivity contribution in [3.8, 4) is 5.95 Å². The maximum atomic E-state index is 4.64. The minimum atomic E-state index is 0.334. The predicted octanol–water partition coefficient (Wildman–Crippen LogP) is -0.511. The highest BCUT2D eigenvalue weighted by atomic mass is 16.5. The van der Waals surface area contributed by atoms with Crippen LogP contribution in [0.4, 0.5) is 11.9 Å². The van der Waals surface area contributed by atoms with Gasteiger partial charge in [-0.15, -0.1) is 0 Å². The standard InChI is InChI=1S/C9H10N10O/c1-10-7-15-8(12-2-6-13-5-20-18-6)17-9(16-7)19-4-11-3-14-19/h3-5H,2H2,1H3,(H2,10,12,15,16,17). The van der Waals surface area contributed by atoms with Crippen LogP contribution in [0, 0.1) is 0 Å². The van der Waals surface area contributed by atoms with Crippen molar-refractivity contribution in [1.82, 2.24) is 39.9 Å². The van der Waals surface area contributed by atoms with Crippen LogP contribution in [0.15, 0.2) is 23.6 Å². The Morgan fingerprint density at radius 1 is 1.25 bits per heavy atom. The molecular formula is C9H10N10O. The van der Waals surface area contributed by atoms with Crippen LogP contribution in [0.2, 0.25) is 0 Å². The van der Waals surface area contributed by atoms with Crippen LogP contribution in [0.25, 0.3) is 5.95 Å². The van der Waals surface area contributed by atoms with E-state index < -0.39 is 0 Å². The zero-order chi connectivity index (χ0) is 13.8. The fraction of sp³-hybridized carbons (Fsp3) is 0.222. The third-order valence-electron chi connectivity index (χ3n) is 2.28. The van der Waals surface area contributed by atoms with Crippen LogP contribution in [-0.2, 0) is 6.54 Å². The highest BCUT2D eigenvalue weighted by Crippen LogP contribution is 2.08. The van der Waals surface area contributed by atoms with Gasteiger partial charge in [-0.25, -0.2) is 4.98 Å². The summed E-state index contributed by atoms with van der Waals surface area (Å²) in [5, 5.41) is 13.5. The molecule has 0 amide bonds. The fourth-order valence-electron chi connectivity index (χ4n) is 1.40. The molecule has 3 aromatic rings. The van der Waals surface area contributed by atoms with Crippen LogP contribution in [0.3, 0.4) is 0 Å². The van der Waals surface area contributed by atoms with Crippen molar-refractivity contribution < 1.29 is 4.52 Å². The van der Waals surface area contributed by atoms with E-state index in [2.05, 4.69) is 50.3 Å². The number of anilines is 2. The number of rotatable bonds is 5. The molecule has 0 spiro atoms. The van der Waals surface area contributed by atoms with Gasteiger partial charge in [0.2, 0.25) is 18.3 Å². The van der Waals surface area contributed by atoms with E-state index in [1.807, 2.05) is 0 Å². The Morgan fingerprint density at radius 2 is 2.15 bits per heavy atom. The van der Waals surface area contributed by atoms with E-state index in [0.29, 0.717) is 30.2 Å². The molecule has 11 nitrogen and oxygen atoms in total. The Hall–Kier alpha value is -3.11. The van der Waals surface area contributed by atoms with E-state index in [0.717, 1.165) is 0 Å². The van der Waals surface area contributed by atoms with Crippen LogP contribution in [-0.4, -0.2) is 46.9 Å². The average Bonchev–Trinajstić information content (AvgIpc) is 3.17. The molecule has 0 aromatic carbocycles. The summed E-state index contributed by atoms with van der Waals surface area (Å²) in [4.78, 5) is 20.3. The second kappa shape index (κ2) is 5.26. The topological polar surface area (TPSA) is 132 Å². The lowest BCUT2D eigenvalue weighted by Crippen LogP contribution is -2.12. The van der Waals surface area contributed by atoms with Crippen molar-refractivity contribution in [2.24, 2.45) is 0 Å². The predicted molar refractivity (Wildman–Crippen MR) is 65.9 cm³/mol. The van der Waals surface area contributed by atoms with Crippen molar-refractivity contribution in [3.05, 3.63) is 24.9 Å². The number of hydrogen-bond acceptors (Lipinski definition) is 10. The van der Waals surface area contributed by atoms with E-state index in [-0.39, 0.29) is 0 Å². The van der Waals surface area contributed by atoms with Gasteiger partial charge in [0.15, 0.2) is 5.82 Å². The number of nitrogens with one attached hydrogen (secondary N) is 2. The summed E-state index contributed by atoms with van der Waals surface area (Å²) in [6.45, 7) is 0.334. The molecule has 2 N–H and O–H groups in total. The minimum Gasteiger partial charge on any atom is -0.357 e. The van der Waals surface area contributed by atoms with E-state index in [9.17, 15) is 0 Å². The van der Waals surface area contributed by atoms with Gasteiger partial charge in [-0.05, 0) is 0 Å². The normalized spacial score (nSPS) is 10.4. The van der Waals surface area contributed by atoms with Crippen LogP contribution >= 0.6 is 0 Å². The van der Waals surface area contributed by atoms with Crippen LogP contribution in [0.5, 0.6) is 0 Å². The monoisotopic (exact) mass is 274 g/mol. The van der Waals surface area contributed by atoms with Gasteiger partial charge >= 0.3 is 0 Å². The zero-order valence-electron chi connectivity index (χ0n) is 10.4. The minimum absolute atomic E-state index is 0.334. The van der Waals surface area contributed by atoms with Crippen molar-refractivity contribution in [3.63, 3.8) is 0 Å². The van der Waals surface area contributed by atoms with Crippen molar-refractivity contribution in [2.75, 3.05) is 17.7 Å². The maximum Gasteiger partial charge on any atom is 0.258 e. The Kier molecular flexibility index (Phi) is 3.14. The second-order valence-corrected chi connectivity index (χ2v) is 3.57. The molecule has 3 rings (SSSR count). The highest BCUT2D eigenvalue weighted by Gasteiger charge is 2.08. The molecular weight excluding hydrogens is 264 g/mol.